The number of H-pyrrole nitrogens is 1. The number of carbonyl (C=O) groups is 1. The van der Waals surface area contributed by atoms with Crippen LogP contribution in [0.3, 0.4) is 0 Å². The Morgan fingerprint density at radius 2 is 1.92 bits per heavy atom. The van der Waals surface area contributed by atoms with Gasteiger partial charge in [0.2, 0.25) is 0 Å². The second-order valence-electron chi connectivity index (χ2n) is 8.58. The van der Waals surface area contributed by atoms with Gasteiger partial charge in [-0.25, -0.2) is 18.6 Å². The molecule has 2 aromatic heterocycles. The second-order valence-corrected chi connectivity index (χ2v) is 8.98. The summed E-state index contributed by atoms with van der Waals surface area (Å²) in [6, 6.07) is 15.9. The average Bonchev–Trinajstić information content (AvgIpc) is 3.36. The first-order valence-electron chi connectivity index (χ1n) is 11.9. The van der Waals surface area contributed by atoms with Crippen molar-refractivity contribution in [3.05, 3.63) is 94.9 Å². The summed E-state index contributed by atoms with van der Waals surface area (Å²) in [4.78, 5) is 23.6. The van der Waals surface area contributed by atoms with Gasteiger partial charge >= 0.3 is 5.97 Å². The Hall–Kier alpha value is -4.54. The number of carboxylic acid groups (broad SMARTS) is 1. The summed E-state index contributed by atoms with van der Waals surface area (Å²) >= 11 is 6.06. The van der Waals surface area contributed by atoms with E-state index < -0.39 is 23.2 Å². The molecule has 0 atom stereocenters. The van der Waals surface area contributed by atoms with Gasteiger partial charge in [0.1, 0.15) is 24.0 Å². The molecular weight excluding hydrogens is 528 g/mol. The molecule has 0 radical (unpaired) electrons. The van der Waals surface area contributed by atoms with Crippen molar-refractivity contribution in [3.63, 3.8) is 0 Å². The molecule has 2 heterocycles. The third-order valence-electron chi connectivity index (χ3n) is 5.95. The van der Waals surface area contributed by atoms with E-state index in [2.05, 4.69) is 20.3 Å². The number of aromatic carboxylic acids is 1. The summed E-state index contributed by atoms with van der Waals surface area (Å²) < 4.78 is 34.1. The number of aromatic nitrogens is 3. The molecule has 0 fully saturated rings. The first kappa shape index (κ1) is 26.1. The van der Waals surface area contributed by atoms with Gasteiger partial charge in [0.05, 0.1) is 45.9 Å². The number of benzene rings is 3. The number of aromatic amines is 1. The Morgan fingerprint density at radius 3 is 2.69 bits per heavy atom. The van der Waals surface area contributed by atoms with Crippen LogP contribution in [0.15, 0.2) is 66.9 Å². The predicted molar refractivity (Wildman–Crippen MR) is 145 cm³/mol. The summed E-state index contributed by atoms with van der Waals surface area (Å²) in [7, 11) is 0. The quantitative estimate of drug-likeness (QED) is 0.181. The van der Waals surface area contributed by atoms with E-state index in [1.54, 1.807) is 12.3 Å². The van der Waals surface area contributed by atoms with Crippen LogP contribution in [-0.2, 0) is 6.54 Å². The maximum Gasteiger partial charge on any atom is 0.338 e. The lowest BCUT2D eigenvalue weighted by molar-refractivity contribution is 0.0692. The van der Waals surface area contributed by atoms with Crippen LogP contribution in [0, 0.1) is 11.6 Å². The van der Waals surface area contributed by atoms with Crippen molar-refractivity contribution in [2.24, 2.45) is 5.73 Å². The Bertz CT molecular complexity index is 1690. The van der Waals surface area contributed by atoms with Gasteiger partial charge in [-0.15, -0.1) is 0 Å². The van der Waals surface area contributed by atoms with Crippen molar-refractivity contribution in [1.29, 1.82) is 0 Å². The normalized spacial score (nSPS) is 11.1. The van der Waals surface area contributed by atoms with E-state index >= 15 is 0 Å². The van der Waals surface area contributed by atoms with Crippen LogP contribution in [0.1, 0.15) is 16.2 Å². The Kier molecular flexibility index (Phi) is 7.40. The highest BCUT2D eigenvalue weighted by molar-refractivity contribution is 6.31. The van der Waals surface area contributed by atoms with Crippen LogP contribution in [0.25, 0.3) is 33.4 Å². The smallest absolute Gasteiger partial charge is 0.338 e. The zero-order chi connectivity index (χ0) is 27.5. The van der Waals surface area contributed by atoms with Gasteiger partial charge in [0, 0.05) is 23.1 Å². The lowest BCUT2D eigenvalue weighted by Crippen LogP contribution is -2.10. The molecule has 39 heavy (non-hydrogen) atoms. The van der Waals surface area contributed by atoms with Crippen LogP contribution in [0.4, 0.5) is 14.5 Å². The first-order valence-corrected chi connectivity index (χ1v) is 12.2. The lowest BCUT2D eigenvalue weighted by atomic mass is 10.0. The fourth-order valence-electron chi connectivity index (χ4n) is 4.10. The van der Waals surface area contributed by atoms with Gasteiger partial charge in [-0.3, -0.25) is 4.98 Å². The highest BCUT2D eigenvalue weighted by atomic mass is 35.5. The molecule has 0 saturated carbocycles. The third-order valence-corrected chi connectivity index (χ3v) is 6.24. The number of rotatable bonds is 9. The SMILES string of the molecule is NCCOc1cnc2ccc(-c3[nH]c(CNc4cccc(C(=O)O)c4F)nc3-c3ccc(F)c(Cl)c3)cc2c1. The van der Waals surface area contributed by atoms with E-state index in [1.807, 2.05) is 24.3 Å². The maximum atomic E-state index is 14.6. The molecular formula is C28H22ClF2N5O3. The van der Waals surface area contributed by atoms with Gasteiger partial charge in [-0.1, -0.05) is 23.7 Å². The van der Waals surface area contributed by atoms with Crippen LogP contribution in [-0.4, -0.2) is 39.2 Å². The minimum Gasteiger partial charge on any atom is -0.491 e. The number of fused-ring (bicyclic) bond motifs is 1. The number of nitrogens with one attached hydrogen (secondary N) is 2. The van der Waals surface area contributed by atoms with Gasteiger partial charge in [-0.2, -0.15) is 0 Å². The molecule has 0 unspecified atom stereocenters. The molecule has 5 rings (SSSR count). The van der Waals surface area contributed by atoms with E-state index in [-0.39, 0.29) is 17.3 Å². The molecule has 11 heteroatoms. The van der Waals surface area contributed by atoms with Crippen molar-refractivity contribution >= 4 is 34.2 Å². The molecule has 5 N–H and O–H groups in total. The van der Waals surface area contributed by atoms with Crippen LogP contribution in [0.5, 0.6) is 5.75 Å². The number of hydrogen-bond donors (Lipinski definition) is 4. The second kappa shape index (κ2) is 11.1. The third kappa shape index (κ3) is 5.52. The molecule has 5 aromatic rings. The molecule has 0 aliphatic carbocycles. The topological polar surface area (TPSA) is 126 Å². The summed E-state index contributed by atoms with van der Waals surface area (Å²) in [6.45, 7) is 0.778. The minimum absolute atomic E-state index is 0.0148. The number of halogens is 3. The number of ether oxygens (including phenoxy) is 1. The summed E-state index contributed by atoms with van der Waals surface area (Å²) in [5.41, 5.74) is 8.29. The average molecular weight is 550 g/mol. The monoisotopic (exact) mass is 549 g/mol. The highest BCUT2D eigenvalue weighted by Gasteiger charge is 2.18. The molecule has 0 saturated heterocycles. The van der Waals surface area contributed by atoms with Crippen molar-refractivity contribution in [2.75, 3.05) is 18.5 Å². The number of carboxylic acids is 1. The number of nitrogens with two attached hydrogens (primary N) is 1. The van der Waals surface area contributed by atoms with Gasteiger partial charge in [-0.05, 0) is 48.5 Å². The first-order chi connectivity index (χ1) is 18.8. The van der Waals surface area contributed by atoms with Crippen molar-refractivity contribution in [2.45, 2.75) is 6.54 Å². The zero-order valence-corrected chi connectivity index (χ0v) is 21.1. The Morgan fingerprint density at radius 1 is 1.10 bits per heavy atom. The van der Waals surface area contributed by atoms with Crippen LogP contribution in [0.2, 0.25) is 5.02 Å². The highest BCUT2D eigenvalue weighted by Crippen LogP contribution is 2.34. The number of anilines is 1. The summed E-state index contributed by atoms with van der Waals surface area (Å²) in [5, 5.41) is 12.8. The molecule has 0 amide bonds. The summed E-state index contributed by atoms with van der Waals surface area (Å²) in [6.07, 6.45) is 1.63. The van der Waals surface area contributed by atoms with Crippen LogP contribution >= 0.6 is 11.6 Å². The van der Waals surface area contributed by atoms with Crippen molar-refractivity contribution in [3.8, 4) is 28.3 Å². The number of pyridine rings is 1. The Labute approximate surface area is 226 Å². The number of imidazole rings is 1. The molecule has 198 valence electrons. The summed E-state index contributed by atoms with van der Waals surface area (Å²) in [5.74, 6) is -1.80. The van der Waals surface area contributed by atoms with Crippen molar-refractivity contribution in [1.82, 2.24) is 15.0 Å². The van der Waals surface area contributed by atoms with Gasteiger partial charge < -0.3 is 25.9 Å². The Balaban J connectivity index is 1.54. The standard InChI is InChI=1S/C28H22ClF2N5O3/c29-20-12-16(4-6-21(20)30)27-26(15-5-7-22-17(10-15)11-18(13-33-22)39-9-8-32)35-24(36-27)14-34-23-3-1-2-19(25(23)31)28(37)38/h1-7,10-13,34H,8-9,14,32H2,(H,35,36)(H,37,38). The van der Waals surface area contributed by atoms with E-state index in [0.29, 0.717) is 41.7 Å². The fourth-order valence-corrected chi connectivity index (χ4v) is 4.28. The van der Waals surface area contributed by atoms with Crippen molar-refractivity contribution < 1.29 is 23.4 Å². The molecule has 0 aliphatic heterocycles. The lowest BCUT2D eigenvalue weighted by Gasteiger charge is -2.08. The number of hydrogen-bond acceptors (Lipinski definition) is 6. The van der Waals surface area contributed by atoms with E-state index in [9.17, 15) is 18.7 Å². The molecule has 0 spiro atoms. The van der Waals surface area contributed by atoms with E-state index in [1.165, 1.54) is 30.3 Å². The fraction of sp³-hybridized carbons (Fsp3) is 0.107. The largest absolute Gasteiger partial charge is 0.491 e. The molecule has 0 bridgehead atoms. The minimum atomic E-state index is -1.37. The zero-order valence-electron chi connectivity index (χ0n) is 20.3. The molecule has 0 aliphatic rings. The predicted octanol–water partition coefficient (Wildman–Crippen LogP) is 5.87. The maximum absolute atomic E-state index is 14.6. The van der Waals surface area contributed by atoms with E-state index in [0.717, 1.165) is 16.5 Å². The van der Waals surface area contributed by atoms with Crippen LogP contribution < -0.4 is 15.8 Å². The van der Waals surface area contributed by atoms with Gasteiger partial charge in [0.25, 0.3) is 0 Å². The molecule has 3 aromatic carbocycles. The van der Waals surface area contributed by atoms with Gasteiger partial charge in [0.15, 0.2) is 5.82 Å². The molecule has 8 nitrogen and oxygen atoms in total. The van der Waals surface area contributed by atoms with E-state index in [4.69, 9.17) is 22.1 Å². The number of nitrogens with zero attached hydrogens (tertiary/aromatic N) is 2.